The van der Waals surface area contributed by atoms with E-state index in [1.807, 2.05) is 32.0 Å². The molecule has 0 saturated carbocycles. The molecule has 0 aromatic heterocycles. The number of anilines is 2. The smallest absolute Gasteiger partial charge is 0.267 e. The third-order valence-corrected chi connectivity index (χ3v) is 7.07. The maximum absolute atomic E-state index is 14.0. The van der Waals surface area contributed by atoms with Gasteiger partial charge in [-0.3, -0.25) is 4.79 Å². The van der Waals surface area contributed by atoms with Crippen molar-refractivity contribution < 1.29 is 22.3 Å². The van der Waals surface area contributed by atoms with Crippen LogP contribution in [0, 0.1) is 19.7 Å². The Hall–Kier alpha value is -2.71. The van der Waals surface area contributed by atoms with Crippen molar-refractivity contribution in [3.8, 4) is 0 Å². The molecule has 29 heavy (non-hydrogen) atoms. The molecule has 8 heteroatoms. The molecule has 1 amide bonds. The van der Waals surface area contributed by atoms with Crippen molar-refractivity contribution in [2.24, 2.45) is 0 Å². The average Bonchev–Trinajstić information content (AvgIpc) is 2.70. The van der Waals surface area contributed by atoms with Crippen molar-refractivity contribution in [1.29, 1.82) is 0 Å². The molecule has 2 aliphatic heterocycles. The van der Waals surface area contributed by atoms with Crippen LogP contribution in [-0.4, -0.2) is 45.5 Å². The Kier molecular flexibility index (Phi) is 4.92. The predicted octanol–water partition coefficient (Wildman–Crippen LogP) is 3.07. The first kappa shape index (κ1) is 19.6. The van der Waals surface area contributed by atoms with Crippen molar-refractivity contribution in [3.05, 3.63) is 64.4 Å². The van der Waals surface area contributed by atoms with Crippen molar-refractivity contribution in [1.82, 2.24) is 4.90 Å². The highest BCUT2D eigenvalue weighted by molar-refractivity contribution is 7.96. The lowest BCUT2D eigenvalue weighted by atomic mass is 10.1. The van der Waals surface area contributed by atoms with Gasteiger partial charge < -0.3 is 14.5 Å². The lowest BCUT2D eigenvalue weighted by Gasteiger charge is -2.32. The van der Waals surface area contributed by atoms with Crippen molar-refractivity contribution in [3.63, 3.8) is 0 Å². The van der Waals surface area contributed by atoms with Gasteiger partial charge in [0, 0.05) is 25.0 Å². The summed E-state index contributed by atoms with van der Waals surface area (Å²) >= 11 is 0. The van der Waals surface area contributed by atoms with Crippen LogP contribution in [0.3, 0.4) is 0 Å². The number of amides is 1. The third-order valence-electron chi connectivity index (χ3n) is 5.28. The van der Waals surface area contributed by atoms with Crippen LogP contribution in [0.1, 0.15) is 11.1 Å². The fourth-order valence-corrected chi connectivity index (χ4v) is 4.98. The van der Waals surface area contributed by atoms with E-state index in [0.717, 1.165) is 17.2 Å². The monoisotopic (exact) mass is 416 g/mol. The molecule has 0 spiro atoms. The van der Waals surface area contributed by atoms with E-state index in [9.17, 15) is 17.6 Å². The number of hydrogen-bond donors (Lipinski definition) is 0. The third kappa shape index (κ3) is 3.42. The second kappa shape index (κ2) is 7.27. The van der Waals surface area contributed by atoms with Gasteiger partial charge >= 0.3 is 0 Å². The Morgan fingerprint density at radius 3 is 2.45 bits per heavy atom. The minimum absolute atomic E-state index is 0.0868. The Labute approximate surface area is 169 Å². The zero-order valence-electron chi connectivity index (χ0n) is 16.2. The molecule has 2 heterocycles. The molecule has 0 radical (unpaired) electrons. The van der Waals surface area contributed by atoms with Crippen LogP contribution in [0.15, 0.2) is 52.4 Å². The summed E-state index contributed by atoms with van der Waals surface area (Å²) in [6, 6.07) is 9.10. The standard InChI is InChI=1S/C21H21FN2O4S/c1-14-3-5-17(11-15(14)2)24-13-20(21(25)23-7-9-28-10-8-23)29(26,27)19-6-4-16(22)12-18(19)24/h3-6,11-13H,7-10H2,1-2H3. The minimum Gasteiger partial charge on any atom is -0.378 e. The number of carbonyl (C=O) groups is 1. The summed E-state index contributed by atoms with van der Waals surface area (Å²) in [5, 5.41) is 0. The van der Waals surface area contributed by atoms with Gasteiger partial charge in [0.15, 0.2) is 4.91 Å². The highest BCUT2D eigenvalue weighted by Crippen LogP contribution is 2.40. The number of carbonyl (C=O) groups excluding carboxylic acids is 1. The van der Waals surface area contributed by atoms with Gasteiger partial charge in [0.25, 0.3) is 5.91 Å². The van der Waals surface area contributed by atoms with E-state index in [2.05, 4.69) is 0 Å². The van der Waals surface area contributed by atoms with Gasteiger partial charge in [-0.2, -0.15) is 0 Å². The van der Waals surface area contributed by atoms with E-state index in [-0.39, 0.29) is 15.5 Å². The highest BCUT2D eigenvalue weighted by atomic mass is 32.2. The van der Waals surface area contributed by atoms with Crippen LogP contribution in [-0.2, 0) is 19.4 Å². The lowest BCUT2D eigenvalue weighted by Crippen LogP contribution is -2.43. The highest BCUT2D eigenvalue weighted by Gasteiger charge is 2.38. The van der Waals surface area contributed by atoms with Crippen molar-refractivity contribution in [2.75, 3.05) is 31.2 Å². The second-order valence-corrected chi connectivity index (χ2v) is 9.04. The topological polar surface area (TPSA) is 66.9 Å². The number of morpholine rings is 1. The number of hydrogen-bond acceptors (Lipinski definition) is 5. The molecular weight excluding hydrogens is 395 g/mol. The molecule has 0 bridgehead atoms. The van der Waals surface area contributed by atoms with Crippen LogP contribution in [0.4, 0.5) is 15.8 Å². The molecule has 6 nitrogen and oxygen atoms in total. The summed E-state index contributed by atoms with van der Waals surface area (Å²) in [5.41, 5.74) is 2.92. The van der Waals surface area contributed by atoms with Crippen LogP contribution in [0.25, 0.3) is 0 Å². The molecule has 152 valence electrons. The molecule has 0 atom stereocenters. The summed E-state index contributed by atoms with van der Waals surface area (Å²) in [6.07, 6.45) is 1.30. The quantitative estimate of drug-likeness (QED) is 0.704. The maximum Gasteiger partial charge on any atom is 0.267 e. The van der Waals surface area contributed by atoms with Gasteiger partial charge in [-0.15, -0.1) is 0 Å². The first-order chi connectivity index (χ1) is 13.8. The molecule has 2 aromatic carbocycles. The maximum atomic E-state index is 14.0. The summed E-state index contributed by atoms with van der Waals surface area (Å²) in [7, 11) is -4.09. The zero-order chi connectivity index (χ0) is 20.8. The number of sulfone groups is 1. The molecule has 1 saturated heterocycles. The van der Waals surface area contributed by atoms with Crippen LogP contribution >= 0.6 is 0 Å². The molecular formula is C21H21FN2O4S. The average molecular weight is 416 g/mol. The van der Waals surface area contributed by atoms with Crippen LogP contribution in [0.2, 0.25) is 0 Å². The number of rotatable bonds is 2. The molecule has 1 fully saturated rings. The van der Waals surface area contributed by atoms with E-state index in [0.29, 0.717) is 32.0 Å². The van der Waals surface area contributed by atoms with Gasteiger partial charge in [-0.1, -0.05) is 6.07 Å². The number of halogens is 1. The fraction of sp³-hybridized carbons (Fsp3) is 0.286. The number of nitrogens with zero attached hydrogens (tertiary/aromatic N) is 2. The number of ether oxygens (including phenoxy) is 1. The van der Waals surface area contributed by atoms with Gasteiger partial charge in [0.2, 0.25) is 9.84 Å². The number of benzene rings is 2. The first-order valence-electron chi connectivity index (χ1n) is 9.29. The molecule has 2 aromatic rings. The van der Waals surface area contributed by atoms with E-state index in [4.69, 9.17) is 4.74 Å². The van der Waals surface area contributed by atoms with Crippen molar-refractivity contribution >= 4 is 27.1 Å². The van der Waals surface area contributed by atoms with Crippen LogP contribution < -0.4 is 4.90 Å². The normalized spacial score (nSPS) is 18.2. The summed E-state index contributed by atoms with van der Waals surface area (Å²) in [5.74, 6) is -1.12. The lowest BCUT2D eigenvalue weighted by molar-refractivity contribution is -0.130. The molecule has 2 aliphatic rings. The summed E-state index contributed by atoms with van der Waals surface area (Å²) in [4.78, 5) is 15.7. The number of fused-ring (bicyclic) bond motifs is 1. The van der Waals surface area contributed by atoms with E-state index in [1.54, 1.807) is 4.90 Å². The van der Waals surface area contributed by atoms with E-state index < -0.39 is 21.6 Å². The molecule has 0 N–H and O–H groups in total. The van der Waals surface area contributed by atoms with Crippen LogP contribution in [0.5, 0.6) is 0 Å². The first-order valence-corrected chi connectivity index (χ1v) is 10.8. The molecule has 0 unspecified atom stereocenters. The zero-order valence-corrected chi connectivity index (χ0v) is 17.0. The van der Waals surface area contributed by atoms with Gasteiger partial charge in [-0.25, -0.2) is 12.8 Å². The Bertz CT molecular complexity index is 1120. The molecule has 4 rings (SSSR count). The van der Waals surface area contributed by atoms with E-state index >= 15 is 0 Å². The van der Waals surface area contributed by atoms with Gasteiger partial charge in [-0.05, 0) is 55.3 Å². The second-order valence-electron chi connectivity index (χ2n) is 7.15. The number of aryl methyl sites for hydroxylation is 2. The Morgan fingerprint density at radius 2 is 1.76 bits per heavy atom. The van der Waals surface area contributed by atoms with Crippen molar-refractivity contribution in [2.45, 2.75) is 18.7 Å². The van der Waals surface area contributed by atoms with Gasteiger partial charge in [0.05, 0.1) is 23.8 Å². The Morgan fingerprint density at radius 1 is 1.03 bits per heavy atom. The Balaban J connectivity index is 1.89. The van der Waals surface area contributed by atoms with E-state index in [1.165, 1.54) is 23.2 Å². The fourth-order valence-electron chi connectivity index (χ4n) is 3.46. The summed E-state index contributed by atoms with van der Waals surface area (Å²) < 4.78 is 45.7. The SMILES string of the molecule is Cc1ccc(N2C=C(C(=O)N3CCOCC3)S(=O)(=O)c3ccc(F)cc32)cc1C. The van der Waals surface area contributed by atoms with Gasteiger partial charge in [0.1, 0.15) is 5.82 Å². The largest absolute Gasteiger partial charge is 0.378 e. The minimum atomic E-state index is -4.09. The summed E-state index contributed by atoms with van der Waals surface area (Å²) in [6.45, 7) is 5.28. The predicted molar refractivity (Wildman–Crippen MR) is 107 cm³/mol. The molecule has 0 aliphatic carbocycles.